The van der Waals surface area contributed by atoms with Gasteiger partial charge in [0.05, 0.1) is 16.0 Å². The molecule has 0 saturated heterocycles. The summed E-state index contributed by atoms with van der Waals surface area (Å²) >= 11 is 0. The molecule has 0 bridgehead atoms. The quantitative estimate of drug-likeness (QED) is 0.429. The number of pyridine rings is 1. The van der Waals surface area contributed by atoms with Crippen LogP contribution in [0.25, 0.3) is 11.0 Å². The Kier molecular flexibility index (Phi) is 4.18. The molecule has 0 aliphatic carbocycles. The molecule has 3 rings (SSSR count). The van der Waals surface area contributed by atoms with Crippen molar-refractivity contribution in [2.75, 3.05) is 11.9 Å². The molecule has 0 spiro atoms. The third-order valence-electron chi connectivity index (χ3n) is 3.68. The number of hydrogen-bond donors (Lipinski definition) is 1. The zero-order chi connectivity index (χ0) is 16.2. The van der Waals surface area contributed by atoms with Crippen molar-refractivity contribution < 1.29 is 4.92 Å². The number of nitrogens with one attached hydrogen (secondary N) is 1. The van der Waals surface area contributed by atoms with Gasteiger partial charge in [-0.3, -0.25) is 10.1 Å². The number of anilines is 1. The number of aryl methyl sites for hydroxylation is 2. The van der Waals surface area contributed by atoms with E-state index in [1.54, 1.807) is 12.3 Å². The Morgan fingerprint density at radius 2 is 2.09 bits per heavy atom. The fourth-order valence-corrected chi connectivity index (χ4v) is 2.60. The predicted molar refractivity (Wildman–Crippen MR) is 88.5 cm³/mol. The van der Waals surface area contributed by atoms with Crippen LogP contribution in [0.5, 0.6) is 0 Å². The topological polar surface area (TPSA) is 85.9 Å². The van der Waals surface area contributed by atoms with Gasteiger partial charge in [0.2, 0.25) is 5.82 Å². The van der Waals surface area contributed by atoms with Gasteiger partial charge in [0.15, 0.2) is 0 Å². The van der Waals surface area contributed by atoms with Crippen LogP contribution in [-0.2, 0) is 6.54 Å². The average Bonchev–Trinajstić information content (AvgIpc) is 2.87. The van der Waals surface area contributed by atoms with E-state index in [0.29, 0.717) is 12.4 Å². The van der Waals surface area contributed by atoms with Crippen molar-refractivity contribution in [1.82, 2.24) is 14.5 Å². The number of fused-ring (bicyclic) bond motifs is 1. The zero-order valence-corrected chi connectivity index (χ0v) is 12.8. The Hall–Kier alpha value is -2.96. The van der Waals surface area contributed by atoms with E-state index < -0.39 is 4.92 Å². The largest absolute Gasteiger partial charge is 0.364 e. The lowest BCUT2D eigenvalue weighted by Crippen LogP contribution is -2.10. The molecule has 0 radical (unpaired) electrons. The number of nitrogens with zero attached hydrogens (tertiary/aromatic N) is 4. The molecule has 3 aromatic rings. The average molecular weight is 311 g/mol. The highest BCUT2D eigenvalue weighted by atomic mass is 16.6. The van der Waals surface area contributed by atoms with Crippen LogP contribution in [0.2, 0.25) is 0 Å². The lowest BCUT2D eigenvalue weighted by Gasteiger charge is -2.08. The summed E-state index contributed by atoms with van der Waals surface area (Å²) in [5.41, 5.74) is 2.09. The van der Waals surface area contributed by atoms with Gasteiger partial charge in [-0.05, 0) is 31.5 Å². The standard InChI is InChI=1S/C16H17N5O2/c1-12-19-13-6-2-3-7-14(13)20(12)11-5-10-18-16-15(21(22)23)8-4-9-17-16/h2-4,6-9H,5,10-11H2,1H3,(H,17,18). The Morgan fingerprint density at radius 1 is 1.26 bits per heavy atom. The van der Waals surface area contributed by atoms with E-state index in [9.17, 15) is 10.1 Å². The normalized spacial score (nSPS) is 10.8. The second-order valence-electron chi connectivity index (χ2n) is 5.21. The maximum atomic E-state index is 10.9. The molecule has 118 valence electrons. The number of rotatable bonds is 6. The molecule has 0 atom stereocenters. The van der Waals surface area contributed by atoms with Gasteiger partial charge in [0.25, 0.3) is 0 Å². The minimum absolute atomic E-state index is 0.00300. The van der Waals surface area contributed by atoms with Crippen molar-refractivity contribution in [2.45, 2.75) is 19.9 Å². The number of imidazole rings is 1. The molecule has 0 saturated carbocycles. The van der Waals surface area contributed by atoms with Gasteiger partial charge in [0.1, 0.15) is 5.82 Å². The number of para-hydroxylation sites is 2. The van der Waals surface area contributed by atoms with E-state index in [-0.39, 0.29) is 5.69 Å². The van der Waals surface area contributed by atoms with E-state index in [1.807, 2.05) is 31.2 Å². The van der Waals surface area contributed by atoms with Crippen molar-refractivity contribution in [3.8, 4) is 0 Å². The van der Waals surface area contributed by atoms with Gasteiger partial charge in [-0.15, -0.1) is 0 Å². The second kappa shape index (κ2) is 6.43. The summed E-state index contributed by atoms with van der Waals surface area (Å²) in [5, 5.41) is 14.0. The summed E-state index contributed by atoms with van der Waals surface area (Å²) in [5.74, 6) is 1.28. The predicted octanol–water partition coefficient (Wildman–Crippen LogP) is 3.15. The third-order valence-corrected chi connectivity index (χ3v) is 3.68. The summed E-state index contributed by atoms with van der Waals surface area (Å²) in [6.45, 7) is 3.38. The van der Waals surface area contributed by atoms with Gasteiger partial charge >= 0.3 is 5.69 Å². The van der Waals surface area contributed by atoms with E-state index in [4.69, 9.17) is 0 Å². The molecule has 7 nitrogen and oxygen atoms in total. The summed E-state index contributed by atoms with van der Waals surface area (Å²) in [6, 6.07) is 11.0. The highest BCUT2D eigenvalue weighted by Gasteiger charge is 2.13. The molecule has 0 unspecified atom stereocenters. The van der Waals surface area contributed by atoms with Gasteiger partial charge in [-0.25, -0.2) is 9.97 Å². The summed E-state index contributed by atoms with van der Waals surface area (Å²) in [6.07, 6.45) is 2.36. The monoisotopic (exact) mass is 311 g/mol. The molecule has 23 heavy (non-hydrogen) atoms. The number of hydrogen-bond acceptors (Lipinski definition) is 5. The Bertz CT molecular complexity index is 843. The summed E-state index contributed by atoms with van der Waals surface area (Å²) in [4.78, 5) is 19.1. The van der Waals surface area contributed by atoms with Gasteiger partial charge in [-0.2, -0.15) is 0 Å². The minimum atomic E-state index is -0.428. The smallest absolute Gasteiger partial charge is 0.311 e. The lowest BCUT2D eigenvalue weighted by atomic mass is 10.3. The highest BCUT2D eigenvalue weighted by Crippen LogP contribution is 2.20. The van der Waals surface area contributed by atoms with Gasteiger partial charge in [-0.1, -0.05) is 12.1 Å². The van der Waals surface area contributed by atoms with Crippen molar-refractivity contribution >= 4 is 22.5 Å². The maximum absolute atomic E-state index is 10.9. The molecule has 2 heterocycles. The highest BCUT2D eigenvalue weighted by molar-refractivity contribution is 5.75. The van der Waals surface area contributed by atoms with Crippen molar-refractivity contribution in [2.24, 2.45) is 0 Å². The fraction of sp³-hybridized carbons (Fsp3) is 0.250. The molecule has 0 amide bonds. The van der Waals surface area contributed by atoms with Gasteiger partial charge in [0, 0.05) is 25.4 Å². The number of nitro groups is 1. The third kappa shape index (κ3) is 3.13. The van der Waals surface area contributed by atoms with E-state index in [2.05, 4.69) is 19.9 Å². The van der Waals surface area contributed by atoms with Crippen LogP contribution in [0.3, 0.4) is 0 Å². The van der Waals surface area contributed by atoms with E-state index in [1.165, 1.54) is 6.07 Å². The fourth-order valence-electron chi connectivity index (χ4n) is 2.60. The first kappa shape index (κ1) is 15.0. The molecule has 0 fully saturated rings. The Labute approximate surface area is 133 Å². The van der Waals surface area contributed by atoms with Crippen molar-refractivity contribution in [1.29, 1.82) is 0 Å². The van der Waals surface area contributed by atoms with Crippen LogP contribution in [-0.4, -0.2) is 26.0 Å². The first-order valence-electron chi connectivity index (χ1n) is 7.42. The maximum Gasteiger partial charge on any atom is 0.311 e. The van der Waals surface area contributed by atoms with Crippen LogP contribution in [0, 0.1) is 17.0 Å². The molecular formula is C16H17N5O2. The minimum Gasteiger partial charge on any atom is -0.364 e. The molecule has 1 aromatic carbocycles. The van der Waals surface area contributed by atoms with Crippen LogP contribution in [0.15, 0.2) is 42.6 Å². The van der Waals surface area contributed by atoms with Crippen LogP contribution < -0.4 is 5.32 Å². The van der Waals surface area contributed by atoms with Crippen LogP contribution in [0.1, 0.15) is 12.2 Å². The molecule has 0 aliphatic rings. The lowest BCUT2D eigenvalue weighted by molar-refractivity contribution is -0.384. The summed E-state index contributed by atoms with van der Waals surface area (Å²) < 4.78 is 2.16. The van der Waals surface area contributed by atoms with Crippen LogP contribution >= 0.6 is 0 Å². The van der Waals surface area contributed by atoms with Gasteiger partial charge < -0.3 is 9.88 Å². The SMILES string of the molecule is Cc1nc2ccccc2n1CCCNc1ncccc1[N+](=O)[O-]. The molecule has 7 heteroatoms. The number of benzene rings is 1. The van der Waals surface area contributed by atoms with Crippen molar-refractivity contribution in [3.05, 3.63) is 58.5 Å². The van der Waals surface area contributed by atoms with Crippen LogP contribution in [0.4, 0.5) is 11.5 Å². The first-order chi connectivity index (χ1) is 11.2. The molecular weight excluding hydrogens is 294 g/mol. The summed E-state index contributed by atoms with van der Waals surface area (Å²) in [7, 11) is 0. The van der Waals surface area contributed by atoms with E-state index >= 15 is 0 Å². The second-order valence-corrected chi connectivity index (χ2v) is 5.21. The van der Waals surface area contributed by atoms with Crippen molar-refractivity contribution in [3.63, 3.8) is 0 Å². The number of aromatic nitrogens is 3. The first-order valence-corrected chi connectivity index (χ1v) is 7.42. The zero-order valence-electron chi connectivity index (χ0n) is 12.8. The van der Waals surface area contributed by atoms with E-state index in [0.717, 1.165) is 29.8 Å². The molecule has 1 N–H and O–H groups in total. The molecule has 2 aromatic heterocycles. The Balaban J connectivity index is 1.64. The Morgan fingerprint density at radius 3 is 2.91 bits per heavy atom. The molecule has 0 aliphatic heterocycles.